The molecule has 2 atom stereocenters. The SMILES string of the molecule is O=C(O)CCCCCCN1C(=O)CC[C@@H]1CC[C@@H](O)CCc1ccccc1. The molecular formula is C22H33NO4. The summed E-state index contributed by atoms with van der Waals surface area (Å²) in [6, 6.07) is 10.5. The Bertz CT molecular complexity index is 575. The molecule has 0 radical (unpaired) electrons. The zero-order valence-electron chi connectivity index (χ0n) is 16.2. The van der Waals surface area contributed by atoms with E-state index in [9.17, 15) is 14.7 Å². The number of unbranched alkanes of at least 4 members (excludes halogenated alkanes) is 3. The van der Waals surface area contributed by atoms with Gasteiger partial charge in [0, 0.05) is 25.4 Å². The van der Waals surface area contributed by atoms with Crippen molar-refractivity contribution in [3.8, 4) is 0 Å². The molecule has 0 aromatic heterocycles. The van der Waals surface area contributed by atoms with Gasteiger partial charge < -0.3 is 15.1 Å². The van der Waals surface area contributed by atoms with Crippen LogP contribution in [0.3, 0.4) is 0 Å². The number of rotatable bonds is 13. The van der Waals surface area contributed by atoms with Gasteiger partial charge in [-0.25, -0.2) is 0 Å². The number of carbonyl (C=O) groups is 2. The van der Waals surface area contributed by atoms with E-state index in [-0.39, 0.29) is 24.5 Å². The van der Waals surface area contributed by atoms with Crippen LogP contribution in [0.2, 0.25) is 0 Å². The smallest absolute Gasteiger partial charge is 0.303 e. The standard InChI is InChI=1S/C22H33NO4/c24-20(14-11-18-8-4-3-5-9-18)15-12-19-13-16-21(25)23(19)17-7-2-1-6-10-22(26)27/h3-5,8-9,19-20,24H,1-2,6-7,10-17H2,(H,26,27)/t19-,20-/m0/s1. The highest BCUT2D eigenvalue weighted by molar-refractivity contribution is 5.78. The Kier molecular flexibility index (Phi) is 9.32. The summed E-state index contributed by atoms with van der Waals surface area (Å²) in [4.78, 5) is 24.6. The number of carboxylic acids is 1. The molecule has 1 aromatic carbocycles. The minimum Gasteiger partial charge on any atom is -0.481 e. The molecule has 2 rings (SSSR count). The van der Waals surface area contributed by atoms with Crippen molar-refractivity contribution in [2.24, 2.45) is 0 Å². The second-order valence-corrected chi connectivity index (χ2v) is 7.59. The van der Waals surface area contributed by atoms with Gasteiger partial charge in [0.1, 0.15) is 0 Å². The number of carboxylic acid groups (broad SMARTS) is 1. The van der Waals surface area contributed by atoms with Crippen molar-refractivity contribution in [3.63, 3.8) is 0 Å². The van der Waals surface area contributed by atoms with Gasteiger partial charge in [-0.05, 0) is 50.5 Å². The third-order valence-electron chi connectivity index (χ3n) is 5.43. The number of aliphatic hydroxyl groups excluding tert-OH is 1. The van der Waals surface area contributed by atoms with Crippen LogP contribution < -0.4 is 0 Å². The van der Waals surface area contributed by atoms with Crippen molar-refractivity contribution in [1.29, 1.82) is 0 Å². The summed E-state index contributed by atoms with van der Waals surface area (Å²) in [5, 5.41) is 18.9. The predicted octanol–water partition coefficient (Wildman–Crippen LogP) is 3.79. The van der Waals surface area contributed by atoms with Crippen LogP contribution >= 0.6 is 0 Å². The van der Waals surface area contributed by atoms with Crippen molar-refractivity contribution in [3.05, 3.63) is 35.9 Å². The predicted molar refractivity (Wildman–Crippen MR) is 105 cm³/mol. The Morgan fingerprint density at radius 1 is 1.11 bits per heavy atom. The molecule has 1 fully saturated rings. The third kappa shape index (κ3) is 8.12. The van der Waals surface area contributed by atoms with Gasteiger partial charge >= 0.3 is 5.97 Å². The van der Waals surface area contributed by atoms with Crippen LogP contribution in [0.25, 0.3) is 0 Å². The van der Waals surface area contributed by atoms with Crippen LogP contribution in [0.15, 0.2) is 30.3 Å². The molecule has 0 unspecified atom stereocenters. The highest BCUT2D eigenvalue weighted by atomic mass is 16.4. The van der Waals surface area contributed by atoms with Gasteiger partial charge in [0.2, 0.25) is 5.91 Å². The average molecular weight is 376 g/mol. The van der Waals surface area contributed by atoms with Gasteiger partial charge in [0.25, 0.3) is 0 Å². The van der Waals surface area contributed by atoms with Crippen molar-refractivity contribution in [2.75, 3.05) is 6.54 Å². The molecule has 0 aliphatic carbocycles. The van der Waals surface area contributed by atoms with Crippen molar-refractivity contribution in [2.45, 2.75) is 82.8 Å². The maximum Gasteiger partial charge on any atom is 0.303 e. The lowest BCUT2D eigenvalue weighted by Gasteiger charge is -2.25. The fraction of sp³-hybridized carbons (Fsp3) is 0.636. The quantitative estimate of drug-likeness (QED) is 0.514. The maximum atomic E-state index is 12.1. The van der Waals surface area contributed by atoms with E-state index in [1.54, 1.807) is 0 Å². The first-order valence-electron chi connectivity index (χ1n) is 10.3. The normalized spacial score (nSPS) is 18.0. The zero-order chi connectivity index (χ0) is 19.5. The molecule has 1 aromatic rings. The molecule has 1 amide bonds. The lowest BCUT2D eigenvalue weighted by atomic mass is 10.0. The topological polar surface area (TPSA) is 77.8 Å². The summed E-state index contributed by atoms with van der Waals surface area (Å²) in [6.45, 7) is 0.761. The van der Waals surface area contributed by atoms with Gasteiger partial charge in [-0.2, -0.15) is 0 Å². The molecular weight excluding hydrogens is 342 g/mol. The molecule has 1 aliphatic rings. The largest absolute Gasteiger partial charge is 0.481 e. The van der Waals surface area contributed by atoms with Gasteiger partial charge in [-0.1, -0.05) is 43.2 Å². The number of hydrogen-bond donors (Lipinski definition) is 2. The Hall–Kier alpha value is -1.88. The van der Waals surface area contributed by atoms with Crippen molar-refractivity contribution >= 4 is 11.9 Å². The molecule has 1 aliphatic heterocycles. The van der Waals surface area contributed by atoms with Crippen LogP contribution in [0.1, 0.15) is 69.8 Å². The third-order valence-corrected chi connectivity index (χ3v) is 5.43. The first-order chi connectivity index (χ1) is 13.1. The number of nitrogens with zero attached hydrogens (tertiary/aromatic N) is 1. The monoisotopic (exact) mass is 375 g/mol. The van der Waals surface area contributed by atoms with E-state index in [1.807, 2.05) is 23.1 Å². The Balaban J connectivity index is 1.63. The fourth-order valence-electron chi connectivity index (χ4n) is 3.82. The number of aryl methyl sites for hydroxylation is 1. The summed E-state index contributed by atoms with van der Waals surface area (Å²) < 4.78 is 0. The van der Waals surface area contributed by atoms with Crippen molar-refractivity contribution in [1.82, 2.24) is 4.90 Å². The van der Waals surface area contributed by atoms with E-state index < -0.39 is 5.97 Å². The van der Waals surface area contributed by atoms with E-state index in [0.29, 0.717) is 12.8 Å². The lowest BCUT2D eigenvalue weighted by Crippen LogP contribution is -2.34. The maximum absolute atomic E-state index is 12.1. The molecule has 1 saturated heterocycles. The number of likely N-dealkylation sites (tertiary alicyclic amines) is 1. The minimum absolute atomic E-state index is 0.226. The van der Waals surface area contributed by atoms with Gasteiger partial charge in [-0.3, -0.25) is 9.59 Å². The first kappa shape index (κ1) is 21.4. The second kappa shape index (κ2) is 11.8. The number of aliphatic hydroxyl groups is 1. The zero-order valence-corrected chi connectivity index (χ0v) is 16.2. The van der Waals surface area contributed by atoms with E-state index >= 15 is 0 Å². The number of aliphatic carboxylic acids is 1. The number of hydrogen-bond acceptors (Lipinski definition) is 3. The molecule has 0 bridgehead atoms. The summed E-state index contributed by atoms with van der Waals surface area (Å²) >= 11 is 0. The van der Waals surface area contributed by atoms with Crippen LogP contribution in [-0.4, -0.2) is 45.7 Å². The molecule has 0 saturated carbocycles. The average Bonchev–Trinajstić information content (AvgIpc) is 3.01. The number of carbonyl (C=O) groups excluding carboxylic acids is 1. The van der Waals surface area contributed by atoms with E-state index in [0.717, 1.165) is 57.9 Å². The first-order valence-corrected chi connectivity index (χ1v) is 10.3. The molecule has 150 valence electrons. The van der Waals surface area contributed by atoms with Crippen LogP contribution in [0.4, 0.5) is 0 Å². The van der Waals surface area contributed by atoms with Crippen LogP contribution in [0.5, 0.6) is 0 Å². The molecule has 5 nitrogen and oxygen atoms in total. The highest BCUT2D eigenvalue weighted by Gasteiger charge is 2.30. The second-order valence-electron chi connectivity index (χ2n) is 7.59. The van der Waals surface area contributed by atoms with Gasteiger partial charge in [-0.15, -0.1) is 0 Å². The van der Waals surface area contributed by atoms with E-state index in [2.05, 4.69) is 12.1 Å². The summed E-state index contributed by atoms with van der Waals surface area (Å²) in [7, 11) is 0. The number of benzene rings is 1. The molecule has 1 heterocycles. The Labute approximate surface area is 162 Å². The summed E-state index contributed by atoms with van der Waals surface area (Å²) in [6.07, 6.45) is 8.15. The molecule has 27 heavy (non-hydrogen) atoms. The minimum atomic E-state index is -0.740. The van der Waals surface area contributed by atoms with Crippen molar-refractivity contribution < 1.29 is 19.8 Å². The fourth-order valence-corrected chi connectivity index (χ4v) is 3.82. The Morgan fingerprint density at radius 3 is 2.59 bits per heavy atom. The van der Waals surface area contributed by atoms with Gasteiger partial charge in [0.05, 0.1) is 6.10 Å². The van der Waals surface area contributed by atoms with Crippen LogP contribution in [-0.2, 0) is 16.0 Å². The summed E-state index contributed by atoms with van der Waals surface area (Å²) in [5.41, 5.74) is 1.25. The summed E-state index contributed by atoms with van der Waals surface area (Å²) in [5.74, 6) is -0.514. The molecule has 5 heteroatoms. The van der Waals surface area contributed by atoms with Gasteiger partial charge in [0.15, 0.2) is 0 Å². The highest BCUT2D eigenvalue weighted by Crippen LogP contribution is 2.24. The van der Waals surface area contributed by atoms with Crippen LogP contribution in [0, 0.1) is 0 Å². The van der Waals surface area contributed by atoms with E-state index in [1.165, 1.54) is 5.56 Å². The molecule has 0 spiro atoms. The number of amides is 1. The lowest BCUT2D eigenvalue weighted by molar-refractivity contribution is -0.137. The van der Waals surface area contributed by atoms with E-state index in [4.69, 9.17) is 5.11 Å². The molecule has 2 N–H and O–H groups in total. The Morgan fingerprint density at radius 2 is 1.85 bits per heavy atom.